The third-order valence-electron chi connectivity index (χ3n) is 2.39. The summed E-state index contributed by atoms with van der Waals surface area (Å²) < 4.78 is 5.32. The molecule has 1 heterocycles. The molecule has 1 saturated heterocycles. The van der Waals surface area contributed by atoms with Gasteiger partial charge in [-0.2, -0.15) is 0 Å². The number of hydrogen-bond donors (Lipinski definition) is 1. The Morgan fingerprint density at radius 1 is 1.23 bits per heavy atom. The summed E-state index contributed by atoms with van der Waals surface area (Å²) >= 11 is 0. The normalized spacial score (nSPS) is 27.8. The maximum absolute atomic E-state index is 9.16. The molecule has 0 aromatic heterocycles. The zero-order valence-electron chi connectivity index (χ0n) is 7.52. The molecule has 70 valence electrons. The molecule has 13 heavy (non-hydrogen) atoms. The highest BCUT2D eigenvalue weighted by Gasteiger charge is 2.22. The Hall–Kier alpha value is -0.860. The van der Waals surface area contributed by atoms with Gasteiger partial charge in [0, 0.05) is 6.42 Å². The standard InChI is InChI=1S/C11H14O2/c12-11-7-6-10(13-11)8-9-4-2-1-3-5-9/h1-5,10-12H,6-8H2. The van der Waals surface area contributed by atoms with Gasteiger partial charge >= 0.3 is 0 Å². The number of rotatable bonds is 2. The van der Waals surface area contributed by atoms with Crippen LogP contribution in [0.1, 0.15) is 18.4 Å². The summed E-state index contributed by atoms with van der Waals surface area (Å²) in [5.74, 6) is 0. The van der Waals surface area contributed by atoms with Crippen molar-refractivity contribution in [2.24, 2.45) is 0 Å². The van der Waals surface area contributed by atoms with Crippen LogP contribution in [-0.4, -0.2) is 17.5 Å². The summed E-state index contributed by atoms with van der Waals surface area (Å²) in [5.41, 5.74) is 1.28. The lowest BCUT2D eigenvalue weighted by Crippen LogP contribution is -2.12. The molecular weight excluding hydrogens is 164 g/mol. The summed E-state index contributed by atoms with van der Waals surface area (Å²) in [7, 11) is 0. The van der Waals surface area contributed by atoms with Crippen LogP contribution in [0, 0.1) is 0 Å². The maximum Gasteiger partial charge on any atom is 0.155 e. The van der Waals surface area contributed by atoms with Gasteiger partial charge in [0.05, 0.1) is 6.10 Å². The van der Waals surface area contributed by atoms with E-state index in [-0.39, 0.29) is 6.10 Å². The van der Waals surface area contributed by atoms with Gasteiger partial charge < -0.3 is 9.84 Å². The molecule has 0 spiro atoms. The highest BCUT2D eigenvalue weighted by molar-refractivity contribution is 5.15. The number of aliphatic hydroxyl groups excluding tert-OH is 1. The second kappa shape index (κ2) is 3.90. The molecule has 1 fully saturated rings. The van der Waals surface area contributed by atoms with Crippen LogP contribution in [-0.2, 0) is 11.2 Å². The van der Waals surface area contributed by atoms with Gasteiger partial charge in [-0.25, -0.2) is 0 Å². The van der Waals surface area contributed by atoms with Gasteiger partial charge in [0.2, 0.25) is 0 Å². The molecule has 0 radical (unpaired) electrons. The van der Waals surface area contributed by atoms with Crippen LogP contribution >= 0.6 is 0 Å². The Balaban J connectivity index is 1.92. The van der Waals surface area contributed by atoms with Crippen LogP contribution in [0.4, 0.5) is 0 Å². The fourth-order valence-corrected chi connectivity index (χ4v) is 1.71. The highest BCUT2D eigenvalue weighted by atomic mass is 16.6. The summed E-state index contributed by atoms with van der Waals surface area (Å²) in [6.07, 6.45) is 2.33. The molecule has 2 atom stereocenters. The molecular formula is C11H14O2. The van der Waals surface area contributed by atoms with Crippen molar-refractivity contribution in [3.8, 4) is 0 Å². The Bertz CT molecular complexity index is 258. The SMILES string of the molecule is OC1CCC(Cc2ccccc2)O1. The third-order valence-corrected chi connectivity index (χ3v) is 2.39. The molecule has 2 rings (SSSR count). The monoisotopic (exact) mass is 178 g/mol. The fraction of sp³-hybridized carbons (Fsp3) is 0.455. The Kier molecular flexibility index (Phi) is 2.62. The van der Waals surface area contributed by atoms with Gasteiger partial charge in [0.25, 0.3) is 0 Å². The predicted molar refractivity (Wildman–Crippen MR) is 50.3 cm³/mol. The van der Waals surface area contributed by atoms with E-state index in [4.69, 9.17) is 9.84 Å². The summed E-state index contributed by atoms with van der Waals surface area (Å²) in [5, 5.41) is 9.16. The molecule has 1 aromatic carbocycles. The first kappa shape index (κ1) is 8.73. The van der Waals surface area contributed by atoms with E-state index in [0.29, 0.717) is 0 Å². The Morgan fingerprint density at radius 3 is 2.62 bits per heavy atom. The molecule has 2 heteroatoms. The molecule has 1 N–H and O–H groups in total. The van der Waals surface area contributed by atoms with Crippen molar-refractivity contribution >= 4 is 0 Å². The molecule has 0 aliphatic carbocycles. The van der Waals surface area contributed by atoms with E-state index in [9.17, 15) is 0 Å². The quantitative estimate of drug-likeness (QED) is 0.747. The second-order valence-electron chi connectivity index (χ2n) is 3.48. The van der Waals surface area contributed by atoms with Crippen molar-refractivity contribution in [3.63, 3.8) is 0 Å². The number of ether oxygens (including phenoxy) is 1. The van der Waals surface area contributed by atoms with Gasteiger partial charge in [-0.15, -0.1) is 0 Å². The molecule has 0 bridgehead atoms. The van der Waals surface area contributed by atoms with E-state index in [1.165, 1.54) is 5.56 Å². The number of benzene rings is 1. The van der Waals surface area contributed by atoms with E-state index in [1.807, 2.05) is 18.2 Å². The van der Waals surface area contributed by atoms with E-state index in [0.717, 1.165) is 19.3 Å². The summed E-state index contributed by atoms with van der Waals surface area (Å²) in [6, 6.07) is 10.2. The van der Waals surface area contributed by atoms with Crippen molar-refractivity contribution in [3.05, 3.63) is 35.9 Å². The summed E-state index contributed by atoms with van der Waals surface area (Å²) in [6.45, 7) is 0. The van der Waals surface area contributed by atoms with Gasteiger partial charge in [-0.05, 0) is 18.4 Å². The van der Waals surface area contributed by atoms with Crippen molar-refractivity contribution in [2.45, 2.75) is 31.7 Å². The van der Waals surface area contributed by atoms with E-state index in [2.05, 4.69) is 12.1 Å². The molecule has 0 saturated carbocycles. The van der Waals surface area contributed by atoms with Gasteiger partial charge in [0.15, 0.2) is 6.29 Å². The lowest BCUT2D eigenvalue weighted by atomic mass is 10.1. The summed E-state index contributed by atoms with van der Waals surface area (Å²) in [4.78, 5) is 0. The highest BCUT2D eigenvalue weighted by Crippen LogP contribution is 2.20. The minimum absolute atomic E-state index is 0.206. The topological polar surface area (TPSA) is 29.5 Å². The Labute approximate surface area is 78.2 Å². The van der Waals surface area contributed by atoms with Crippen molar-refractivity contribution in [1.82, 2.24) is 0 Å². The van der Waals surface area contributed by atoms with Crippen LogP contribution in [0.25, 0.3) is 0 Å². The van der Waals surface area contributed by atoms with E-state index in [1.54, 1.807) is 0 Å². The first-order valence-corrected chi connectivity index (χ1v) is 4.72. The van der Waals surface area contributed by atoms with Gasteiger partial charge in [0.1, 0.15) is 0 Å². The van der Waals surface area contributed by atoms with Crippen molar-refractivity contribution < 1.29 is 9.84 Å². The first-order chi connectivity index (χ1) is 6.34. The lowest BCUT2D eigenvalue weighted by Gasteiger charge is -2.09. The smallest absolute Gasteiger partial charge is 0.155 e. The van der Waals surface area contributed by atoms with Crippen molar-refractivity contribution in [1.29, 1.82) is 0 Å². The second-order valence-corrected chi connectivity index (χ2v) is 3.48. The molecule has 1 aliphatic rings. The average Bonchev–Trinajstić information content (AvgIpc) is 2.53. The largest absolute Gasteiger partial charge is 0.368 e. The molecule has 0 amide bonds. The van der Waals surface area contributed by atoms with Crippen molar-refractivity contribution in [2.75, 3.05) is 0 Å². The number of aliphatic hydroxyl groups is 1. The molecule has 1 aromatic rings. The van der Waals surface area contributed by atoms with Gasteiger partial charge in [-0.3, -0.25) is 0 Å². The van der Waals surface area contributed by atoms with Crippen LogP contribution < -0.4 is 0 Å². The average molecular weight is 178 g/mol. The van der Waals surface area contributed by atoms with Crippen LogP contribution in [0.15, 0.2) is 30.3 Å². The van der Waals surface area contributed by atoms with Crippen LogP contribution in [0.5, 0.6) is 0 Å². The predicted octanol–water partition coefficient (Wildman–Crippen LogP) is 1.73. The molecule has 2 nitrogen and oxygen atoms in total. The fourth-order valence-electron chi connectivity index (χ4n) is 1.71. The van der Waals surface area contributed by atoms with Gasteiger partial charge in [-0.1, -0.05) is 30.3 Å². The number of hydrogen-bond acceptors (Lipinski definition) is 2. The zero-order valence-corrected chi connectivity index (χ0v) is 7.52. The maximum atomic E-state index is 9.16. The Morgan fingerprint density at radius 2 is 2.00 bits per heavy atom. The molecule has 2 unspecified atom stereocenters. The lowest BCUT2D eigenvalue weighted by molar-refractivity contribution is -0.0895. The van der Waals surface area contributed by atoms with Crippen LogP contribution in [0.2, 0.25) is 0 Å². The zero-order chi connectivity index (χ0) is 9.10. The minimum atomic E-state index is -0.534. The first-order valence-electron chi connectivity index (χ1n) is 4.72. The molecule has 1 aliphatic heterocycles. The minimum Gasteiger partial charge on any atom is -0.368 e. The third kappa shape index (κ3) is 2.29. The van der Waals surface area contributed by atoms with Crippen LogP contribution in [0.3, 0.4) is 0 Å². The van der Waals surface area contributed by atoms with E-state index >= 15 is 0 Å². The van der Waals surface area contributed by atoms with E-state index < -0.39 is 6.29 Å².